The summed E-state index contributed by atoms with van der Waals surface area (Å²) in [6.07, 6.45) is -5.55. The van der Waals surface area contributed by atoms with E-state index in [1.807, 2.05) is 0 Å². The lowest BCUT2D eigenvalue weighted by molar-refractivity contribution is -0.142. The molecule has 0 radical (unpaired) electrons. The maximum absolute atomic E-state index is 13.5. The van der Waals surface area contributed by atoms with Crippen molar-refractivity contribution < 1.29 is 42.2 Å². The van der Waals surface area contributed by atoms with Gasteiger partial charge in [0.2, 0.25) is 11.8 Å². The minimum absolute atomic E-state index is 0.00582. The van der Waals surface area contributed by atoms with E-state index in [9.17, 15) is 37.5 Å². The van der Waals surface area contributed by atoms with Gasteiger partial charge in [0.15, 0.2) is 0 Å². The van der Waals surface area contributed by atoms with E-state index in [-0.39, 0.29) is 25.2 Å². The van der Waals surface area contributed by atoms with E-state index in [2.05, 4.69) is 16.0 Å². The summed E-state index contributed by atoms with van der Waals surface area (Å²) < 4.78 is 44.4. The van der Waals surface area contributed by atoms with Crippen LogP contribution in [-0.2, 0) is 38.1 Å². The van der Waals surface area contributed by atoms with Crippen LogP contribution in [0, 0.1) is 5.92 Å². The number of aliphatic carboxylic acids is 1. The van der Waals surface area contributed by atoms with E-state index in [1.54, 1.807) is 65.0 Å². The SMILES string of the molecule is CC(C)C[C@@H](NC(=O)[C@@H](Cc1ccccc1)NC(=O)[C@@H](Cc1ccc(C(F)(F)F)cc1)NC(=O)OC(C)(C)C)C(=O)O. The van der Waals surface area contributed by atoms with Crippen LogP contribution in [-0.4, -0.2) is 52.7 Å². The van der Waals surface area contributed by atoms with Crippen molar-refractivity contribution >= 4 is 23.9 Å². The van der Waals surface area contributed by atoms with Crippen LogP contribution >= 0.6 is 0 Å². The quantitative estimate of drug-likeness (QED) is 0.287. The number of ether oxygens (including phenoxy) is 1. The first kappa shape index (κ1) is 34.1. The Labute approximate surface area is 243 Å². The fourth-order valence-electron chi connectivity index (χ4n) is 4.02. The highest BCUT2D eigenvalue weighted by Crippen LogP contribution is 2.29. The van der Waals surface area contributed by atoms with E-state index < -0.39 is 59.3 Å². The Morgan fingerprint density at radius 1 is 0.762 bits per heavy atom. The zero-order chi connectivity index (χ0) is 31.7. The molecule has 0 aliphatic rings. The molecule has 2 aromatic rings. The van der Waals surface area contributed by atoms with Crippen molar-refractivity contribution in [2.24, 2.45) is 5.92 Å². The fraction of sp³-hybridized carbons (Fsp3) is 0.467. The minimum atomic E-state index is -4.55. The zero-order valence-electron chi connectivity index (χ0n) is 24.2. The molecule has 2 aromatic carbocycles. The molecule has 2 rings (SSSR count). The van der Waals surface area contributed by atoms with Crippen molar-refractivity contribution in [1.29, 1.82) is 0 Å². The first-order valence-corrected chi connectivity index (χ1v) is 13.5. The number of alkyl halides is 3. The molecule has 0 saturated heterocycles. The lowest BCUT2D eigenvalue weighted by Gasteiger charge is -2.26. The number of benzene rings is 2. The molecule has 4 N–H and O–H groups in total. The number of carboxylic acids is 1. The normalized spacial score (nSPS) is 13.9. The lowest BCUT2D eigenvalue weighted by atomic mass is 10.0. The van der Waals surface area contributed by atoms with Gasteiger partial charge in [0.25, 0.3) is 0 Å². The zero-order valence-corrected chi connectivity index (χ0v) is 24.2. The van der Waals surface area contributed by atoms with Gasteiger partial charge in [0.05, 0.1) is 5.56 Å². The van der Waals surface area contributed by atoms with Gasteiger partial charge in [-0.1, -0.05) is 56.3 Å². The van der Waals surface area contributed by atoms with Gasteiger partial charge >= 0.3 is 18.2 Å². The highest BCUT2D eigenvalue weighted by molar-refractivity contribution is 5.93. The molecule has 12 heteroatoms. The number of carbonyl (C=O) groups is 4. The van der Waals surface area contributed by atoms with Gasteiger partial charge in [-0.15, -0.1) is 0 Å². The van der Waals surface area contributed by atoms with Gasteiger partial charge in [-0.2, -0.15) is 13.2 Å². The van der Waals surface area contributed by atoms with Crippen molar-refractivity contribution in [3.8, 4) is 0 Å². The fourth-order valence-corrected chi connectivity index (χ4v) is 4.02. The summed E-state index contributed by atoms with van der Waals surface area (Å²) in [6.45, 7) is 8.47. The number of rotatable bonds is 12. The predicted molar refractivity (Wildman–Crippen MR) is 149 cm³/mol. The van der Waals surface area contributed by atoms with Gasteiger partial charge in [0, 0.05) is 12.8 Å². The second-order valence-corrected chi connectivity index (χ2v) is 11.4. The minimum Gasteiger partial charge on any atom is -0.480 e. The largest absolute Gasteiger partial charge is 0.480 e. The molecule has 230 valence electrons. The number of amides is 3. The van der Waals surface area contributed by atoms with Crippen molar-refractivity contribution in [1.82, 2.24) is 16.0 Å². The van der Waals surface area contributed by atoms with E-state index in [1.165, 1.54) is 12.1 Å². The molecule has 3 atom stereocenters. The Morgan fingerprint density at radius 2 is 1.24 bits per heavy atom. The summed E-state index contributed by atoms with van der Waals surface area (Å²) in [5.74, 6) is -2.83. The number of carboxylic acid groups (broad SMARTS) is 1. The van der Waals surface area contributed by atoms with E-state index in [4.69, 9.17) is 4.74 Å². The Bertz CT molecular complexity index is 1210. The third-order valence-electron chi connectivity index (χ3n) is 5.97. The molecule has 0 bridgehead atoms. The van der Waals surface area contributed by atoms with E-state index in [0.717, 1.165) is 12.1 Å². The number of halogens is 3. The summed E-state index contributed by atoms with van der Waals surface area (Å²) >= 11 is 0. The molecule has 0 saturated carbocycles. The van der Waals surface area contributed by atoms with Crippen molar-refractivity contribution in [2.75, 3.05) is 0 Å². The van der Waals surface area contributed by atoms with E-state index >= 15 is 0 Å². The molecule has 0 heterocycles. The summed E-state index contributed by atoms with van der Waals surface area (Å²) in [6, 6.07) is 9.05. The van der Waals surface area contributed by atoms with Crippen LogP contribution < -0.4 is 16.0 Å². The molecular formula is C30H38F3N3O6. The lowest BCUT2D eigenvalue weighted by Crippen LogP contribution is -2.57. The van der Waals surface area contributed by atoms with Crippen LogP contribution in [0.1, 0.15) is 57.7 Å². The van der Waals surface area contributed by atoms with E-state index in [0.29, 0.717) is 11.1 Å². The molecule has 0 spiro atoms. The summed E-state index contributed by atoms with van der Waals surface area (Å²) in [7, 11) is 0. The number of hydrogen-bond acceptors (Lipinski definition) is 5. The standard InChI is InChI=1S/C30H38F3N3O6/c1-18(2)15-24(27(39)40)35-25(37)22(16-19-9-7-6-8-10-19)34-26(38)23(36-28(41)42-29(3,4)5)17-20-11-13-21(14-12-20)30(31,32)33/h6-14,18,22-24H,15-17H2,1-5H3,(H,34,38)(H,35,37)(H,36,41)(H,39,40)/t22-,23-,24-/m1/s1. The monoisotopic (exact) mass is 593 g/mol. The predicted octanol–water partition coefficient (Wildman–Crippen LogP) is 4.48. The van der Waals surface area contributed by atoms with Crippen molar-refractivity contribution in [3.05, 3.63) is 71.3 Å². The molecule has 0 aliphatic carbocycles. The van der Waals surface area contributed by atoms with Crippen molar-refractivity contribution in [2.45, 2.75) is 83.8 Å². The first-order valence-electron chi connectivity index (χ1n) is 13.5. The Hall–Kier alpha value is -4.09. The molecule has 0 aromatic heterocycles. The first-order chi connectivity index (χ1) is 19.4. The summed E-state index contributed by atoms with van der Waals surface area (Å²) in [4.78, 5) is 51.2. The number of carbonyl (C=O) groups excluding carboxylic acids is 3. The second kappa shape index (κ2) is 14.7. The third-order valence-corrected chi connectivity index (χ3v) is 5.97. The number of alkyl carbamates (subject to hydrolysis) is 1. The van der Waals surface area contributed by atoms with Crippen LogP contribution in [0.2, 0.25) is 0 Å². The molecular weight excluding hydrogens is 555 g/mol. The molecule has 42 heavy (non-hydrogen) atoms. The van der Waals surface area contributed by atoms with Gasteiger partial charge < -0.3 is 25.8 Å². The number of nitrogens with one attached hydrogen (secondary N) is 3. The van der Waals surface area contributed by atoms with Crippen LogP contribution in [0.5, 0.6) is 0 Å². The molecule has 3 amide bonds. The second-order valence-electron chi connectivity index (χ2n) is 11.4. The van der Waals surface area contributed by atoms with Gasteiger partial charge in [0.1, 0.15) is 23.7 Å². The Kier molecular flexibility index (Phi) is 11.9. The highest BCUT2D eigenvalue weighted by Gasteiger charge is 2.32. The van der Waals surface area contributed by atoms with Crippen LogP contribution in [0.25, 0.3) is 0 Å². The Balaban J connectivity index is 2.35. The topological polar surface area (TPSA) is 134 Å². The van der Waals surface area contributed by atoms with Crippen LogP contribution in [0.15, 0.2) is 54.6 Å². The molecule has 0 fully saturated rings. The van der Waals surface area contributed by atoms with Gasteiger partial charge in [-0.3, -0.25) is 9.59 Å². The Morgan fingerprint density at radius 3 is 1.69 bits per heavy atom. The third kappa shape index (κ3) is 11.8. The number of hydrogen-bond donors (Lipinski definition) is 4. The highest BCUT2D eigenvalue weighted by atomic mass is 19.4. The maximum Gasteiger partial charge on any atom is 0.416 e. The van der Waals surface area contributed by atoms with Gasteiger partial charge in [-0.25, -0.2) is 9.59 Å². The van der Waals surface area contributed by atoms with Crippen LogP contribution in [0.4, 0.5) is 18.0 Å². The summed E-state index contributed by atoms with van der Waals surface area (Å²) in [5, 5.41) is 17.1. The average molecular weight is 594 g/mol. The average Bonchev–Trinajstić information content (AvgIpc) is 2.86. The molecule has 0 unspecified atom stereocenters. The van der Waals surface area contributed by atoms with Crippen molar-refractivity contribution in [3.63, 3.8) is 0 Å². The smallest absolute Gasteiger partial charge is 0.416 e. The summed E-state index contributed by atoms with van der Waals surface area (Å²) in [5.41, 5.74) is -0.794. The maximum atomic E-state index is 13.5. The molecule has 9 nitrogen and oxygen atoms in total. The van der Waals surface area contributed by atoms with Gasteiger partial charge in [-0.05, 0) is 56.4 Å². The van der Waals surface area contributed by atoms with Crippen LogP contribution in [0.3, 0.4) is 0 Å². The molecule has 0 aliphatic heterocycles.